The number of rotatable bonds is 3. The average Bonchev–Trinajstić information content (AvgIpc) is 2.88. The summed E-state index contributed by atoms with van der Waals surface area (Å²) >= 11 is 0. The number of nitrogens with one attached hydrogen (secondary N) is 1. The number of anilines is 1. The lowest BCUT2D eigenvalue weighted by atomic mass is 10.1. The molecule has 5 nitrogen and oxygen atoms in total. The zero-order chi connectivity index (χ0) is 15.7. The van der Waals surface area contributed by atoms with Gasteiger partial charge in [-0.2, -0.15) is 0 Å². The highest BCUT2D eigenvalue weighted by atomic mass is 16.1. The van der Waals surface area contributed by atoms with Crippen molar-refractivity contribution < 1.29 is 4.79 Å². The van der Waals surface area contributed by atoms with E-state index in [1.807, 2.05) is 54.0 Å². The lowest BCUT2D eigenvalue weighted by Crippen LogP contribution is -2.23. The van der Waals surface area contributed by atoms with Gasteiger partial charge in [0.05, 0.1) is 11.2 Å². The summed E-state index contributed by atoms with van der Waals surface area (Å²) in [6.45, 7) is 2.24. The molecule has 0 aliphatic rings. The number of para-hydroxylation sites is 1. The molecule has 1 aromatic heterocycles. The third kappa shape index (κ3) is 2.41. The highest BCUT2D eigenvalue weighted by Crippen LogP contribution is 2.28. The third-order valence-corrected chi connectivity index (χ3v) is 3.70. The summed E-state index contributed by atoms with van der Waals surface area (Å²) in [7, 11) is 1.63. The van der Waals surface area contributed by atoms with E-state index in [4.69, 9.17) is 5.73 Å². The number of amides is 1. The molecule has 0 fully saturated rings. The maximum absolute atomic E-state index is 11.9. The van der Waals surface area contributed by atoms with Crippen LogP contribution in [0.3, 0.4) is 0 Å². The highest BCUT2D eigenvalue weighted by molar-refractivity contribution is 5.91. The van der Waals surface area contributed by atoms with Crippen LogP contribution < -0.4 is 11.1 Å². The predicted molar refractivity (Wildman–Crippen MR) is 88.4 cm³/mol. The Morgan fingerprint density at radius 1 is 1.23 bits per heavy atom. The second-order valence-corrected chi connectivity index (χ2v) is 5.28. The minimum Gasteiger partial charge on any atom is -0.397 e. The number of carbonyl (C=O) groups excluding carboxylic acids is 1. The summed E-state index contributed by atoms with van der Waals surface area (Å²) in [6, 6.07) is 13.7. The van der Waals surface area contributed by atoms with Crippen molar-refractivity contribution in [2.75, 3.05) is 12.8 Å². The Bertz CT molecular complexity index is 834. The van der Waals surface area contributed by atoms with Crippen LogP contribution in [0.15, 0.2) is 42.5 Å². The van der Waals surface area contributed by atoms with Crippen molar-refractivity contribution in [1.29, 1.82) is 0 Å². The van der Waals surface area contributed by atoms with Crippen LogP contribution >= 0.6 is 0 Å². The fraction of sp³-hybridized carbons (Fsp3) is 0.176. The van der Waals surface area contributed by atoms with Crippen molar-refractivity contribution in [1.82, 2.24) is 14.9 Å². The summed E-state index contributed by atoms with van der Waals surface area (Å²) < 4.78 is 1.90. The van der Waals surface area contributed by atoms with Gasteiger partial charge < -0.3 is 15.6 Å². The molecule has 0 saturated heterocycles. The first-order valence-electron chi connectivity index (χ1n) is 7.12. The molecule has 0 unspecified atom stereocenters. The van der Waals surface area contributed by atoms with E-state index in [0.717, 1.165) is 22.4 Å². The van der Waals surface area contributed by atoms with E-state index in [-0.39, 0.29) is 12.5 Å². The normalized spacial score (nSPS) is 10.8. The van der Waals surface area contributed by atoms with Gasteiger partial charge in [-0.25, -0.2) is 4.98 Å². The minimum atomic E-state index is -0.0740. The second-order valence-electron chi connectivity index (χ2n) is 5.28. The van der Waals surface area contributed by atoms with E-state index in [9.17, 15) is 4.79 Å². The summed E-state index contributed by atoms with van der Waals surface area (Å²) in [5.41, 5.74) is 10.4. The van der Waals surface area contributed by atoms with Crippen LogP contribution in [0.4, 0.5) is 5.69 Å². The summed E-state index contributed by atoms with van der Waals surface area (Å²) in [6.07, 6.45) is 0. The van der Waals surface area contributed by atoms with E-state index in [0.29, 0.717) is 5.69 Å². The van der Waals surface area contributed by atoms with E-state index in [1.165, 1.54) is 5.56 Å². The van der Waals surface area contributed by atoms with E-state index >= 15 is 0 Å². The lowest BCUT2D eigenvalue weighted by molar-refractivity contribution is -0.121. The van der Waals surface area contributed by atoms with Gasteiger partial charge in [0, 0.05) is 12.6 Å². The highest BCUT2D eigenvalue weighted by Gasteiger charge is 2.16. The third-order valence-electron chi connectivity index (χ3n) is 3.70. The van der Waals surface area contributed by atoms with E-state index in [1.54, 1.807) is 7.05 Å². The molecule has 112 valence electrons. The molecule has 0 aliphatic carbocycles. The SMILES string of the molecule is CNC(=O)Cn1c(-c2ccc(C)cc2)nc2c(N)cccc21. The molecule has 0 spiro atoms. The van der Waals surface area contributed by atoms with E-state index in [2.05, 4.69) is 10.3 Å². The molecular weight excluding hydrogens is 276 g/mol. The van der Waals surface area contributed by atoms with Crippen LogP contribution in [0.2, 0.25) is 0 Å². The van der Waals surface area contributed by atoms with Gasteiger partial charge in [-0.1, -0.05) is 35.9 Å². The molecule has 0 bridgehead atoms. The number of nitrogens with zero attached hydrogens (tertiary/aromatic N) is 2. The van der Waals surface area contributed by atoms with Gasteiger partial charge in [-0.3, -0.25) is 4.79 Å². The Labute approximate surface area is 128 Å². The quantitative estimate of drug-likeness (QED) is 0.728. The summed E-state index contributed by atoms with van der Waals surface area (Å²) in [4.78, 5) is 16.5. The number of nitrogens with two attached hydrogens (primary N) is 1. The molecule has 1 amide bonds. The Morgan fingerprint density at radius 2 is 1.95 bits per heavy atom. The number of hydrogen-bond donors (Lipinski definition) is 2. The molecule has 0 saturated carbocycles. The Hall–Kier alpha value is -2.82. The number of aromatic nitrogens is 2. The molecule has 0 radical (unpaired) electrons. The molecule has 3 aromatic rings. The minimum absolute atomic E-state index is 0.0740. The maximum Gasteiger partial charge on any atom is 0.239 e. The summed E-state index contributed by atoms with van der Waals surface area (Å²) in [5.74, 6) is 0.673. The van der Waals surface area contributed by atoms with Gasteiger partial charge in [0.1, 0.15) is 17.9 Å². The number of aryl methyl sites for hydroxylation is 1. The van der Waals surface area contributed by atoms with Gasteiger partial charge in [0.15, 0.2) is 0 Å². The van der Waals surface area contributed by atoms with Gasteiger partial charge >= 0.3 is 0 Å². The second kappa shape index (κ2) is 5.52. The lowest BCUT2D eigenvalue weighted by Gasteiger charge is -2.08. The van der Waals surface area contributed by atoms with Crippen LogP contribution in [-0.4, -0.2) is 22.5 Å². The van der Waals surface area contributed by atoms with Gasteiger partial charge in [0.25, 0.3) is 0 Å². The zero-order valence-corrected chi connectivity index (χ0v) is 12.6. The maximum atomic E-state index is 11.9. The first-order chi connectivity index (χ1) is 10.6. The van der Waals surface area contributed by atoms with Crippen LogP contribution in [0, 0.1) is 6.92 Å². The fourth-order valence-electron chi connectivity index (χ4n) is 2.47. The van der Waals surface area contributed by atoms with E-state index < -0.39 is 0 Å². The van der Waals surface area contributed by atoms with Crippen molar-refractivity contribution in [2.45, 2.75) is 13.5 Å². The number of carbonyl (C=O) groups is 1. The standard InChI is InChI=1S/C17H18N4O/c1-11-6-8-12(9-7-11)17-20-16-13(18)4-3-5-14(16)21(17)10-15(22)19-2/h3-9H,10,18H2,1-2H3,(H,19,22). The molecule has 5 heteroatoms. The van der Waals surface area contributed by atoms with Crippen molar-refractivity contribution >= 4 is 22.6 Å². The fourth-order valence-corrected chi connectivity index (χ4v) is 2.47. The van der Waals surface area contributed by atoms with Crippen molar-refractivity contribution in [2.24, 2.45) is 0 Å². The molecule has 3 N–H and O–H groups in total. The summed E-state index contributed by atoms with van der Waals surface area (Å²) in [5, 5.41) is 2.65. The molecule has 1 heterocycles. The first kappa shape index (κ1) is 14.1. The van der Waals surface area contributed by atoms with Crippen molar-refractivity contribution in [3.63, 3.8) is 0 Å². The smallest absolute Gasteiger partial charge is 0.239 e. The van der Waals surface area contributed by atoms with Crippen LogP contribution in [0.1, 0.15) is 5.56 Å². The number of imidazole rings is 1. The zero-order valence-electron chi connectivity index (χ0n) is 12.6. The molecule has 3 rings (SSSR count). The number of hydrogen-bond acceptors (Lipinski definition) is 3. The molecular formula is C17H18N4O. The van der Waals surface area contributed by atoms with Crippen molar-refractivity contribution in [3.05, 3.63) is 48.0 Å². The molecule has 2 aromatic carbocycles. The Kier molecular flexibility index (Phi) is 3.55. The topological polar surface area (TPSA) is 72.9 Å². The van der Waals surface area contributed by atoms with Crippen LogP contribution in [0.25, 0.3) is 22.4 Å². The number of benzene rings is 2. The number of likely N-dealkylation sites (N-methyl/N-ethyl adjacent to an activating group) is 1. The monoisotopic (exact) mass is 294 g/mol. The predicted octanol–water partition coefficient (Wildman–Crippen LogP) is 2.34. The van der Waals surface area contributed by atoms with Gasteiger partial charge in [0.2, 0.25) is 5.91 Å². The van der Waals surface area contributed by atoms with Crippen LogP contribution in [0.5, 0.6) is 0 Å². The van der Waals surface area contributed by atoms with Crippen LogP contribution in [-0.2, 0) is 11.3 Å². The average molecular weight is 294 g/mol. The molecule has 0 atom stereocenters. The number of fused-ring (bicyclic) bond motifs is 1. The van der Waals surface area contributed by atoms with Gasteiger partial charge in [-0.15, -0.1) is 0 Å². The Balaban J connectivity index is 2.23. The molecule has 22 heavy (non-hydrogen) atoms. The first-order valence-corrected chi connectivity index (χ1v) is 7.12. The largest absolute Gasteiger partial charge is 0.397 e. The molecule has 0 aliphatic heterocycles. The number of nitrogen functional groups attached to an aromatic ring is 1. The van der Waals surface area contributed by atoms with Crippen molar-refractivity contribution in [3.8, 4) is 11.4 Å². The van der Waals surface area contributed by atoms with Gasteiger partial charge in [-0.05, 0) is 19.1 Å². The Morgan fingerprint density at radius 3 is 2.64 bits per heavy atom.